The number of nitrogens with zero attached hydrogens (tertiary/aromatic N) is 4. The Kier molecular flexibility index (Phi) is 5.81. The zero-order valence-corrected chi connectivity index (χ0v) is 20.0. The molecule has 174 valence electrons. The predicted molar refractivity (Wildman–Crippen MR) is 145 cm³/mol. The maximum atomic E-state index is 13.6. The molecular weight excluding hydrogens is 466 g/mol. The number of benzene rings is 3. The molecule has 0 aliphatic carbocycles. The molecule has 0 aliphatic heterocycles. The average molecular weight is 488 g/mol. The Hall–Kier alpha value is -4.62. The van der Waals surface area contributed by atoms with E-state index in [-0.39, 0.29) is 5.56 Å². The molecule has 0 fully saturated rings. The van der Waals surface area contributed by atoms with Crippen molar-refractivity contribution in [3.8, 4) is 16.9 Å². The summed E-state index contributed by atoms with van der Waals surface area (Å²) in [5.74, 6) is 0. The lowest BCUT2D eigenvalue weighted by Gasteiger charge is -2.13. The summed E-state index contributed by atoms with van der Waals surface area (Å²) in [6.07, 6.45) is 2.13. The second kappa shape index (κ2) is 9.56. The summed E-state index contributed by atoms with van der Waals surface area (Å²) in [5.41, 5.74) is 6.07. The third-order valence-electron chi connectivity index (χ3n) is 5.83. The molecule has 1 N–H and O–H groups in total. The minimum Gasteiger partial charge on any atom is -0.331 e. The minimum absolute atomic E-state index is 0.178. The minimum atomic E-state index is -0.178. The molecule has 0 unspecified atom stereocenters. The van der Waals surface area contributed by atoms with Gasteiger partial charge >= 0.3 is 0 Å². The molecule has 0 saturated heterocycles. The molecule has 6 nitrogen and oxygen atoms in total. The van der Waals surface area contributed by atoms with Gasteiger partial charge in [0, 0.05) is 29.2 Å². The first-order valence-corrected chi connectivity index (χ1v) is 12.4. The van der Waals surface area contributed by atoms with Gasteiger partial charge in [0.15, 0.2) is 10.8 Å². The van der Waals surface area contributed by atoms with Gasteiger partial charge in [-0.1, -0.05) is 66.7 Å². The molecule has 0 bridgehead atoms. The second-order valence-corrected chi connectivity index (χ2v) is 9.14. The van der Waals surface area contributed by atoms with Crippen molar-refractivity contribution in [1.82, 2.24) is 19.5 Å². The van der Waals surface area contributed by atoms with E-state index in [1.54, 1.807) is 10.8 Å². The van der Waals surface area contributed by atoms with Crippen molar-refractivity contribution >= 4 is 33.3 Å². The Morgan fingerprint density at radius 3 is 2.47 bits per heavy atom. The number of anilines is 2. The quantitative estimate of drug-likeness (QED) is 0.301. The van der Waals surface area contributed by atoms with E-state index in [1.807, 2.05) is 102 Å². The van der Waals surface area contributed by atoms with Gasteiger partial charge in [-0.05, 0) is 35.9 Å². The summed E-state index contributed by atoms with van der Waals surface area (Å²) >= 11 is 1.54. The number of rotatable bonds is 6. The van der Waals surface area contributed by atoms with Gasteiger partial charge in [-0.3, -0.25) is 9.36 Å². The zero-order chi connectivity index (χ0) is 24.3. The van der Waals surface area contributed by atoms with E-state index in [2.05, 4.69) is 15.3 Å². The van der Waals surface area contributed by atoms with E-state index in [9.17, 15) is 4.79 Å². The molecule has 36 heavy (non-hydrogen) atoms. The molecule has 3 aromatic heterocycles. The van der Waals surface area contributed by atoms with Crippen LogP contribution in [-0.2, 0) is 6.42 Å². The Balaban J connectivity index is 1.38. The molecule has 0 saturated carbocycles. The molecule has 0 aliphatic rings. The molecule has 6 aromatic rings. The Morgan fingerprint density at radius 1 is 0.833 bits per heavy atom. The number of nitrogens with one attached hydrogen (secondary N) is 1. The van der Waals surface area contributed by atoms with Gasteiger partial charge in [0.25, 0.3) is 5.56 Å². The van der Waals surface area contributed by atoms with Crippen molar-refractivity contribution in [3.63, 3.8) is 0 Å². The summed E-state index contributed by atoms with van der Waals surface area (Å²) in [7, 11) is 0. The fraction of sp³-hybridized carbons (Fsp3) is 0.0345. The van der Waals surface area contributed by atoms with Gasteiger partial charge in [0.1, 0.15) is 11.2 Å². The maximum absolute atomic E-state index is 13.6. The van der Waals surface area contributed by atoms with Crippen LogP contribution in [-0.4, -0.2) is 19.5 Å². The summed E-state index contributed by atoms with van der Waals surface area (Å²) < 4.78 is 1.64. The van der Waals surface area contributed by atoms with E-state index in [4.69, 9.17) is 4.98 Å². The van der Waals surface area contributed by atoms with Crippen molar-refractivity contribution in [1.29, 1.82) is 0 Å². The van der Waals surface area contributed by atoms with E-state index >= 15 is 0 Å². The SMILES string of the molecule is O=c1c(Cc2ccccc2)nc2cccnc2n1-c1cccc(Nc2nc(-c3ccccc3)cs2)c1. The first-order valence-electron chi connectivity index (χ1n) is 11.5. The first-order chi connectivity index (χ1) is 17.7. The van der Waals surface area contributed by atoms with Crippen LogP contribution in [0.5, 0.6) is 0 Å². The van der Waals surface area contributed by atoms with Gasteiger partial charge in [-0.25, -0.2) is 15.0 Å². The summed E-state index contributed by atoms with van der Waals surface area (Å²) in [6, 6.07) is 31.4. The molecule has 0 amide bonds. The zero-order valence-electron chi connectivity index (χ0n) is 19.2. The van der Waals surface area contributed by atoms with E-state index < -0.39 is 0 Å². The lowest BCUT2D eigenvalue weighted by atomic mass is 10.1. The van der Waals surface area contributed by atoms with Crippen LogP contribution >= 0.6 is 11.3 Å². The Morgan fingerprint density at radius 2 is 1.64 bits per heavy atom. The van der Waals surface area contributed by atoms with Crippen LogP contribution < -0.4 is 10.9 Å². The van der Waals surface area contributed by atoms with Gasteiger partial charge < -0.3 is 5.32 Å². The van der Waals surface area contributed by atoms with Crippen molar-refractivity contribution in [2.24, 2.45) is 0 Å². The number of pyridine rings is 1. The smallest absolute Gasteiger partial charge is 0.278 e. The van der Waals surface area contributed by atoms with Crippen LogP contribution in [0, 0.1) is 0 Å². The number of hydrogen-bond acceptors (Lipinski definition) is 6. The lowest BCUT2D eigenvalue weighted by Crippen LogP contribution is -2.25. The number of aromatic nitrogens is 4. The number of fused-ring (bicyclic) bond motifs is 1. The van der Waals surface area contributed by atoms with E-state index in [0.717, 1.165) is 27.6 Å². The molecule has 0 spiro atoms. The summed E-state index contributed by atoms with van der Waals surface area (Å²) in [4.78, 5) is 27.5. The number of thiazole rings is 1. The third-order valence-corrected chi connectivity index (χ3v) is 6.58. The third kappa shape index (κ3) is 4.39. The Bertz CT molecular complexity index is 1710. The monoisotopic (exact) mass is 487 g/mol. The van der Waals surface area contributed by atoms with Crippen molar-refractivity contribution < 1.29 is 0 Å². The molecule has 7 heteroatoms. The number of hydrogen-bond donors (Lipinski definition) is 1. The predicted octanol–water partition coefficient (Wildman–Crippen LogP) is 6.24. The highest BCUT2D eigenvalue weighted by Crippen LogP contribution is 2.28. The normalized spacial score (nSPS) is 11.0. The van der Waals surface area contributed by atoms with E-state index in [0.29, 0.717) is 29.0 Å². The fourth-order valence-electron chi connectivity index (χ4n) is 4.13. The van der Waals surface area contributed by atoms with Crippen LogP contribution in [0.1, 0.15) is 11.3 Å². The standard InChI is InChI=1S/C29H21N5OS/c35-28-25(17-20-9-3-1-4-10-20)32-24-15-8-16-30-27(24)34(28)23-14-7-13-22(18-23)31-29-33-26(19-36-29)21-11-5-2-6-12-21/h1-16,18-19H,17H2,(H,31,33). The van der Waals surface area contributed by atoms with Crippen molar-refractivity contribution in [2.75, 3.05) is 5.32 Å². The van der Waals surface area contributed by atoms with Crippen LogP contribution in [0.25, 0.3) is 28.1 Å². The van der Waals surface area contributed by atoms with Gasteiger partial charge in [0.2, 0.25) is 0 Å². The molecule has 3 heterocycles. The fourth-order valence-corrected chi connectivity index (χ4v) is 4.87. The molecule has 6 rings (SSSR count). The van der Waals surface area contributed by atoms with E-state index in [1.165, 1.54) is 11.3 Å². The van der Waals surface area contributed by atoms with Gasteiger partial charge in [-0.15, -0.1) is 11.3 Å². The van der Waals surface area contributed by atoms with Crippen LogP contribution in [0.15, 0.2) is 113 Å². The second-order valence-electron chi connectivity index (χ2n) is 8.29. The lowest BCUT2D eigenvalue weighted by molar-refractivity contribution is 0.927. The molecular formula is C29H21N5OS. The van der Waals surface area contributed by atoms with Crippen molar-refractivity contribution in [3.05, 3.63) is 130 Å². The Labute approximate surface area is 211 Å². The highest BCUT2D eigenvalue weighted by Gasteiger charge is 2.15. The highest BCUT2D eigenvalue weighted by molar-refractivity contribution is 7.14. The average Bonchev–Trinajstić information content (AvgIpc) is 3.39. The van der Waals surface area contributed by atoms with Crippen molar-refractivity contribution in [2.45, 2.75) is 6.42 Å². The summed E-state index contributed by atoms with van der Waals surface area (Å²) in [6.45, 7) is 0. The molecule has 3 aromatic carbocycles. The first kappa shape index (κ1) is 21.9. The van der Waals surface area contributed by atoms with Crippen LogP contribution in [0.4, 0.5) is 10.8 Å². The molecule has 0 radical (unpaired) electrons. The maximum Gasteiger partial charge on any atom is 0.278 e. The topological polar surface area (TPSA) is 72.7 Å². The largest absolute Gasteiger partial charge is 0.331 e. The molecule has 0 atom stereocenters. The van der Waals surface area contributed by atoms with Gasteiger partial charge in [0.05, 0.1) is 11.4 Å². The van der Waals surface area contributed by atoms with Gasteiger partial charge in [-0.2, -0.15) is 0 Å². The van der Waals surface area contributed by atoms with Crippen LogP contribution in [0.3, 0.4) is 0 Å². The van der Waals surface area contributed by atoms with Crippen LogP contribution in [0.2, 0.25) is 0 Å². The summed E-state index contributed by atoms with van der Waals surface area (Å²) in [5, 5.41) is 6.19. The highest BCUT2D eigenvalue weighted by atomic mass is 32.1.